The number of amides is 1. The van der Waals surface area contributed by atoms with Gasteiger partial charge in [-0.05, 0) is 0 Å². The van der Waals surface area contributed by atoms with E-state index in [0.717, 1.165) is 32.7 Å². The molecule has 5 nitrogen and oxygen atoms in total. The Hall–Kier alpha value is -0.650. The lowest BCUT2D eigenvalue weighted by atomic mass is 10.2. The van der Waals surface area contributed by atoms with Gasteiger partial charge in [0.2, 0.25) is 0 Å². The van der Waals surface area contributed by atoms with Crippen LogP contribution in [0.2, 0.25) is 0 Å². The van der Waals surface area contributed by atoms with Gasteiger partial charge < -0.3 is 20.3 Å². The molecular weight excluding hydrogens is 182 g/mol. The van der Waals surface area contributed by atoms with Gasteiger partial charge in [-0.1, -0.05) is 0 Å². The van der Waals surface area contributed by atoms with Gasteiger partial charge in [-0.3, -0.25) is 4.79 Å². The van der Waals surface area contributed by atoms with E-state index in [1.165, 1.54) is 0 Å². The van der Waals surface area contributed by atoms with Crippen LogP contribution in [0.1, 0.15) is 0 Å². The van der Waals surface area contributed by atoms with E-state index in [1.54, 1.807) is 0 Å². The minimum atomic E-state index is -0.262. The molecule has 1 atom stereocenters. The summed E-state index contributed by atoms with van der Waals surface area (Å²) in [5.74, 6) is 0.138. The number of hydrogen-bond acceptors (Lipinski definition) is 4. The predicted octanol–water partition coefficient (Wildman–Crippen LogP) is -1.59. The third-order valence-corrected chi connectivity index (χ3v) is 2.63. The fourth-order valence-electron chi connectivity index (χ4n) is 1.81. The van der Waals surface area contributed by atoms with E-state index < -0.39 is 0 Å². The first kappa shape index (κ1) is 9.89. The van der Waals surface area contributed by atoms with Gasteiger partial charge in [0, 0.05) is 39.3 Å². The molecule has 2 aliphatic heterocycles. The number of nitrogens with zero attached hydrogens (tertiary/aromatic N) is 1. The van der Waals surface area contributed by atoms with Gasteiger partial charge in [0.05, 0.1) is 6.61 Å². The summed E-state index contributed by atoms with van der Waals surface area (Å²) >= 11 is 0. The van der Waals surface area contributed by atoms with Gasteiger partial charge in [0.1, 0.15) is 6.10 Å². The van der Waals surface area contributed by atoms with Crippen molar-refractivity contribution in [3.8, 4) is 0 Å². The highest BCUT2D eigenvalue weighted by Gasteiger charge is 2.27. The molecule has 2 N–H and O–H groups in total. The van der Waals surface area contributed by atoms with Crippen molar-refractivity contribution >= 4 is 5.91 Å². The molecule has 0 aliphatic carbocycles. The van der Waals surface area contributed by atoms with Crippen molar-refractivity contribution in [3.63, 3.8) is 0 Å². The standard InChI is InChI=1S/C9H17N3O2/c13-9(8-7-11-3-6-14-8)12-4-1-10-2-5-12/h8,10-11H,1-7H2/t8-/m0/s1. The fraction of sp³-hybridized carbons (Fsp3) is 0.889. The van der Waals surface area contributed by atoms with Crippen LogP contribution in [0.3, 0.4) is 0 Å². The van der Waals surface area contributed by atoms with Crippen LogP contribution >= 0.6 is 0 Å². The zero-order valence-electron chi connectivity index (χ0n) is 8.29. The van der Waals surface area contributed by atoms with E-state index >= 15 is 0 Å². The average molecular weight is 199 g/mol. The predicted molar refractivity (Wildman–Crippen MR) is 52.1 cm³/mol. The molecule has 80 valence electrons. The molecule has 0 unspecified atom stereocenters. The van der Waals surface area contributed by atoms with Crippen molar-refractivity contribution in [3.05, 3.63) is 0 Å². The Labute approximate surface area is 83.8 Å². The highest BCUT2D eigenvalue weighted by atomic mass is 16.5. The van der Waals surface area contributed by atoms with Crippen molar-refractivity contribution in [1.29, 1.82) is 0 Å². The van der Waals surface area contributed by atoms with E-state index in [0.29, 0.717) is 13.2 Å². The molecule has 2 fully saturated rings. The molecule has 2 heterocycles. The first-order valence-corrected chi connectivity index (χ1v) is 5.20. The summed E-state index contributed by atoms with van der Waals surface area (Å²) < 4.78 is 5.42. The molecule has 0 radical (unpaired) electrons. The van der Waals surface area contributed by atoms with Crippen molar-refractivity contribution in [2.24, 2.45) is 0 Å². The molecule has 0 bridgehead atoms. The Balaban J connectivity index is 1.85. The van der Waals surface area contributed by atoms with E-state index in [2.05, 4.69) is 10.6 Å². The number of hydrogen-bond donors (Lipinski definition) is 2. The minimum absolute atomic E-state index is 0.138. The van der Waals surface area contributed by atoms with Crippen LogP contribution in [0.15, 0.2) is 0 Å². The third-order valence-electron chi connectivity index (χ3n) is 2.63. The Morgan fingerprint density at radius 2 is 2.00 bits per heavy atom. The second-order valence-corrected chi connectivity index (χ2v) is 3.64. The molecule has 0 aromatic heterocycles. The van der Waals surface area contributed by atoms with Crippen molar-refractivity contribution < 1.29 is 9.53 Å². The molecule has 14 heavy (non-hydrogen) atoms. The van der Waals surface area contributed by atoms with Crippen LogP contribution in [-0.4, -0.2) is 62.8 Å². The van der Waals surface area contributed by atoms with E-state index in [1.807, 2.05) is 4.90 Å². The summed E-state index contributed by atoms with van der Waals surface area (Å²) in [5.41, 5.74) is 0. The number of piperazine rings is 1. The Morgan fingerprint density at radius 3 is 2.64 bits per heavy atom. The van der Waals surface area contributed by atoms with Crippen LogP contribution in [0.4, 0.5) is 0 Å². The van der Waals surface area contributed by atoms with Crippen LogP contribution in [0, 0.1) is 0 Å². The fourth-order valence-corrected chi connectivity index (χ4v) is 1.81. The van der Waals surface area contributed by atoms with Crippen molar-refractivity contribution in [1.82, 2.24) is 15.5 Å². The first-order chi connectivity index (χ1) is 6.88. The van der Waals surface area contributed by atoms with Crippen molar-refractivity contribution in [2.45, 2.75) is 6.10 Å². The lowest BCUT2D eigenvalue weighted by molar-refractivity contribution is -0.145. The highest BCUT2D eigenvalue weighted by molar-refractivity contribution is 5.81. The third kappa shape index (κ3) is 2.23. The van der Waals surface area contributed by atoms with Gasteiger partial charge in [-0.2, -0.15) is 0 Å². The number of morpholine rings is 1. The molecule has 2 aliphatic rings. The van der Waals surface area contributed by atoms with Crippen molar-refractivity contribution in [2.75, 3.05) is 45.9 Å². The maximum atomic E-state index is 11.9. The molecule has 5 heteroatoms. The number of carbonyl (C=O) groups excluding carboxylic acids is 1. The molecule has 2 rings (SSSR count). The minimum Gasteiger partial charge on any atom is -0.366 e. The SMILES string of the molecule is O=C([C@@H]1CNCCO1)N1CCNCC1. The van der Waals surface area contributed by atoms with Gasteiger partial charge in [-0.25, -0.2) is 0 Å². The molecule has 2 saturated heterocycles. The lowest BCUT2D eigenvalue weighted by Gasteiger charge is -2.32. The summed E-state index contributed by atoms with van der Waals surface area (Å²) in [4.78, 5) is 13.8. The number of rotatable bonds is 1. The van der Waals surface area contributed by atoms with Gasteiger partial charge in [0.15, 0.2) is 0 Å². The molecule has 0 saturated carbocycles. The number of nitrogens with one attached hydrogen (secondary N) is 2. The molecule has 1 amide bonds. The molecule has 0 aromatic rings. The topological polar surface area (TPSA) is 53.6 Å². The Morgan fingerprint density at radius 1 is 1.21 bits per heavy atom. The smallest absolute Gasteiger partial charge is 0.253 e. The van der Waals surface area contributed by atoms with Crippen LogP contribution in [-0.2, 0) is 9.53 Å². The maximum Gasteiger partial charge on any atom is 0.253 e. The van der Waals surface area contributed by atoms with E-state index in [9.17, 15) is 4.79 Å². The summed E-state index contributed by atoms with van der Waals surface area (Å²) in [6, 6.07) is 0. The lowest BCUT2D eigenvalue weighted by Crippen LogP contribution is -2.54. The average Bonchev–Trinajstić information content (AvgIpc) is 2.30. The Kier molecular flexibility index (Phi) is 3.34. The molecule has 0 aromatic carbocycles. The van der Waals surface area contributed by atoms with Gasteiger partial charge >= 0.3 is 0 Å². The zero-order chi connectivity index (χ0) is 9.80. The second kappa shape index (κ2) is 4.72. The maximum absolute atomic E-state index is 11.9. The summed E-state index contributed by atoms with van der Waals surface area (Å²) in [6.45, 7) is 5.55. The Bertz CT molecular complexity index is 178. The monoisotopic (exact) mass is 199 g/mol. The molecular formula is C9H17N3O2. The van der Waals surface area contributed by atoms with Crippen LogP contribution in [0.5, 0.6) is 0 Å². The first-order valence-electron chi connectivity index (χ1n) is 5.20. The largest absolute Gasteiger partial charge is 0.366 e. The van der Waals surface area contributed by atoms with E-state index in [4.69, 9.17) is 4.74 Å². The summed E-state index contributed by atoms with van der Waals surface area (Å²) in [7, 11) is 0. The zero-order valence-corrected chi connectivity index (χ0v) is 8.29. The molecule has 0 spiro atoms. The van der Waals surface area contributed by atoms with Gasteiger partial charge in [0.25, 0.3) is 5.91 Å². The van der Waals surface area contributed by atoms with Crippen LogP contribution in [0.25, 0.3) is 0 Å². The summed E-state index contributed by atoms with van der Waals surface area (Å²) in [5, 5.41) is 6.39. The highest BCUT2D eigenvalue weighted by Crippen LogP contribution is 2.03. The normalized spacial score (nSPS) is 28.9. The van der Waals surface area contributed by atoms with Crippen LogP contribution < -0.4 is 10.6 Å². The number of ether oxygens (including phenoxy) is 1. The second-order valence-electron chi connectivity index (χ2n) is 3.64. The summed E-state index contributed by atoms with van der Waals surface area (Å²) in [6.07, 6.45) is -0.262. The number of carbonyl (C=O) groups is 1. The van der Waals surface area contributed by atoms with E-state index in [-0.39, 0.29) is 12.0 Å². The quantitative estimate of drug-likeness (QED) is 0.534. The van der Waals surface area contributed by atoms with Gasteiger partial charge in [-0.15, -0.1) is 0 Å².